The molecule has 4 aliphatic rings. The summed E-state index contributed by atoms with van der Waals surface area (Å²) in [5, 5.41) is 10.5. The zero-order valence-corrected chi connectivity index (χ0v) is 14.8. The van der Waals surface area contributed by atoms with Crippen molar-refractivity contribution >= 4 is 0 Å². The summed E-state index contributed by atoms with van der Waals surface area (Å²) < 4.78 is 0. The van der Waals surface area contributed by atoms with Crippen molar-refractivity contribution in [3.8, 4) is 0 Å². The van der Waals surface area contributed by atoms with E-state index in [4.69, 9.17) is 0 Å². The molecule has 22 heavy (non-hydrogen) atoms. The molecule has 1 nitrogen and oxygen atoms in total. The van der Waals surface area contributed by atoms with Crippen LogP contribution in [0.25, 0.3) is 0 Å². The summed E-state index contributed by atoms with van der Waals surface area (Å²) >= 11 is 0. The second kappa shape index (κ2) is 5.02. The highest BCUT2D eigenvalue weighted by Crippen LogP contribution is 2.67. The van der Waals surface area contributed by atoms with E-state index in [-0.39, 0.29) is 0 Å². The van der Waals surface area contributed by atoms with E-state index in [0.717, 1.165) is 35.9 Å². The van der Waals surface area contributed by atoms with Crippen LogP contribution in [0, 0.1) is 34.5 Å². The molecule has 0 saturated heterocycles. The molecule has 0 spiro atoms. The Hall–Kier alpha value is -0.460. The summed E-state index contributed by atoms with van der Waals surface area (Å²) in [6, 6.07) is 0. The highest BCUT2D eigenvalue weighted by Gasteiger charge is 2.58. The fourth-order valence-corrected chi connectivity index (χ4v) is 7.66. The standard InChI is InChI=1S/C21H34O/c1-4-14-7-9-16-15-8-10-18-19(22)6-5-12-21(18,3)17(15)11-13-20(14,16)2/h14-17,22H,4-13H2,1-3H3/t14-,15-,16-,17-,20+,21+/m0/s1. The molecule has 0 aromatic rings. The van der Waals surface area contributed by atoms with Crippen LogP contribution >= 0.6 is 0 Å². The lowest BCUT2D eigenvalue weighted by atomic mass is 9.46. The summed E-state index contributed by atoms with van der Waals surface area (Å²) in [5.41, 5.74) is 2.43. The van der Waals surface area contributed by atoms with E-state index in [1.807, 2.05) is 0 Å². The van der Waals surface area contributed by atoms with Gasteiger partial charge in [0, 0.05) is 6.42 Å². The molecule has 4 aliphatic carbocycles. The van der Waals surface area contributed by atoms with Gasteiger partial charge in [-0.25, -0.2) is 0 Å². The Kier molecular flexibility index (Phi) is 3.44. The lowest BCUT2D eigenvalue weighted by Crippen LogP contribution is -2.50. The average molecular weight is 303 g/mol. The summed E-state index contributed by atoms with van der Waals surface area (Å²) in [7, 11) is 0. The minimum atomic E-state index is 0.330. The van der Waals surface area contributed by atoms with Gasteiger partial charge < -0.3 is 5.11 Å². The van der Waals surface area contributed by atoms with Gasteiger partial charge in [0.1, 0.15) is 0 Å². The van der Waals surface area contributed by atoms with E-state index in [1.54, 1.807) is 0 Å². The lowest BCUT2D eigenvalue weighted by molar-refractivity contribution is -0.0543. The molecule has 6 atom stereocenters. The summed E-state index contributed by atoms with van der Waals surface area (Å²) in [6.45, 7) is 7.54. The normalized spacial score (nSPS) is 51.2. The third kappa shape index (κ3) is 1.83. The fourth-order valence-electron chi connectivity index (χ4n) is 7.66. The third-order valence-corrected chi connectivity index (χ3v) is 8.82. The van der Waals surface area contributed by atoms with Crippen LogP contribution in [-0.2, 0) is 0 Å². The maximum Gasteiger partial charge on any atom is 0.0920 e. The number of rotatable bonds is 1. The molecule has 0 aromatic carbocycles. The zero-order valence-electron chi connectivity index (χ0n) is 14.8. The molecule has 0 aliphatic heterocycles. The van der Waals surface area contributed by atoms with Crippen LogP contribution < -0.4 is 0 Å². The molecule has 3 saturated carbocycles. The number of hydrogen-bond donors (Lipinski definition) is 1. The Balaban J connectivity index is 1.68. The van der Waals surface area contributed by atoms with Gasteiger partial charge in [-0.1, -0.05) is 27.2 Å². The van der Waals surface area contributed by atoms with Gasteiger partial charge in [-0.05, 0) is 91.4 Å². The van der Waals surface area contributed by atoms with Crippen LogP contribution in [0.4, 0.5) is 0 Å². The maximum atomic E-state index is 10.5. The molecule has 0 heterocycles. The summed E-state index contributed by atoms with van der Waals surface area (Å²) in [6.07, 6.45) is 13.2. The van der Waals surface area contributed by atoms with Crippen molar-refractivity contribution in [3.63, 3.8) is 0 Å². The summed E-state index contributed by atoms with van der Waals surface area (Å²) in [4.78, 5) is 0. The van der Waals surface area contributed by atoms with Crippen LogP contribution in [0.2, 0.25) is 0 Å². The van der Waals surface area contributed by atoms with Crippen molar-refractivity contribution in [1.82, 2.24) is 0 Å². The highest BCUT2D eigenvalue weighted by atomic mass is 16.3. The Labute approximate surface area is 136 Å². The molecule has 0 unspecified atom stereocenters. The van der Waals surface area contributed by atoms with Crippen molar-refractivity contribution in [2.75, 3.05) is 0 Å². The molecular formula is C21H34O. The number of aliphatic hydroxyl groups is 1. The Morgan fingerprint density at radius 3 is 2.59 bits per heavy atom. The van der Waals surface area contributed by atoms with Crippen molar-refractivity contribution < 1.29 is 5.11 Å². The highest BCUT2D eigenvalue weighted by molar-refractivity contribution is 5.26. The molecular weight excluding hydrogens is 268 g/mol. The van der Waals surface area contributed by atoms with E-state index in [9.17, 15) is 5.11 Å². The first-order valence-corrected chi connectivity index (χ1v) is 9.92. The van der Waals surface area contributed by atoms with Crippen LogP contribution in [-0.4, -0.2) is 5.11 Å². The van der Waals surface area contributed by atoms with Gasteiger partial charge in [0.15, 0.2) is 0 Å². The first kappa shape index (κ1) is 15.1. The Morgan fingerprint density at radius 2 is 1.82 bits per heavy atom. The van der Waals surface area contributed by atoms with Crippen LogP contribution in [0.3, 0.4) is 0 Å². The van der Waals surface area contributed by atoms with Gasteiger partial charge in [0.2, 0.25) is 0 Å². The van der Waals surface area contributed by atoms with E-state index in [2.05, 4.69) is 20.8 Å². The van der Waals surface area contributed by atoms with E-state index >= 15 is 0 Å². The SMILES string of the molecule is CC[C@H]1CC[C@H]2[C@@H]3CCC4=C(O)CCC[C@]4(C)[C@H]3CC[C@]12C. The minimum Gasteiger partial charge on any atom is -0.512 e. The average Bonchev–Trinajstić information content (AvgIpc) is 2.83. The molecule has 1 N–H and O–H groups in total. The van der Waals surface area contributed by atoms with E-state index in [1.165, 1.54) is 63.4 Å². The van der Waals surface area contributed by atoms with Crippen LogP contribution in [0.1, 0.15) is 85.0 Å². The molecule has 3 fully saturated rings. The van der Waals surface area contributed by atoms with Gasteiger partial charge in [0.05, 0.1) is 5.76 Å². The van der Waals surface area contributed by atoms with Crippen molar-refractivity contribution in [1.29, 1.82) is 0 Å². The molecule has 1 heteroatoms. The van der Waals surface area contributed by atoms with Crippen molar-refractivity contribution in [2.45, 2.75) is 85.0 Å². The largest absolute Gasteiger partial charge is 0.512 e. The number of hydrogen-bond acceptors (Lipinski definition) is 1. The van der Waals surface area contributed by atoms with Gasteiger partial charge in [0.25, 0.3) is 0 Å². The second-order valence-corrected chi connectivity index (χ2v) is 9.34. The topological polar surface area (TPSA) is 20.2 Å². The van der Waals surface area contributed by atoms with Gasteiger partial charge >= 0.3 is 0 Å². The predicted octanol–water partition coefficient (Wildman–Crippen LogP) is 6.25. The monoisotopic (exact) mass is 302 g/mol. The van der Waals surface area contributed by atoms with Crippen LogP contribution in [0.15, 0.2) is 11.3 Å². The maximum absolute atomic E-state index is 10.5. The molecule has 4 rings (SSSR count). The third-order valence-electron chi connectivity index (χ3n) is 8.82. The first-order chi connectivity index (χ1) is 10.5. The molecule has 0 amide bonds. The molecule has 0 radical (unpaired) electrons. The Morgan fingerprint density at radius 1 is 1.00 bits per heavy atom. The molecule has 124 valence electrons. The molecule has 0 aromatic heterocycles. The molecule has 0 bridgehead atoms. The van der Waals surface area contributed by atoms with Crippen molar-refractivity contribution in [2.24, 2.45) is 34.5 Å². The Bertz CT molecular complexity index is 492. The first-order valence-electron chi connectivity index (χ1n) is 9.92. The predicted molar refractivity (Wildman–Crippen MR) is 91.7 cm³/mol. The number of aliphatic hydroxyl groups excluding tert-OH is 1. The lowest BCUT2D eigenvalue weighted by Gasteiger charge is -2.58. The zero-order chi connectivity index (χ0) is 15.5. The fraction of sp³-hybridized carbons (Fsp3) is 0.905. The van der Waals surface area contributed by atoms with E-state index < -0.39 is 0 Å². The van der Waals surface area contributed by atoms with Crippen LogP contribution in [0.5, 0.6) is 0 Å². The van der Waals surface area contributed by atoms with E-state index in [0.29, 0.717) is 10.8 Å². The smallest absolute Gasteiger partial charge is 0.0920 e. The van der Waals surface area contributed by atoms with Gasteiger partial charge in [-0.3, -0.25) is 0 Å². The minimum absolute atomic E-state index is 0.330. The number of allylic oxidation sites excluding steroid dienone is 2. The quantitative estimate of drug-likeness (QED) is 0.607. The summed E-state index contributed by atoms with van der Waals surface area (Å²) in [5.74, 6) is 4.52. The van der Waals surface area contributed by atoms with Gasteiger partial charge in [-0.15, -0.1) is 0 Å². The second-order valence-electron chi connectivity index (χ2n) is 9.34. The van der Waals surface area contributed by atoms with Crippen molar-refractivity contribution in [3.05, 3.63) is 11.3 Å². The van der Waals surface area contributed by atoms with Gasteiger partial charge in [-0.2, -0.15) is 0 Å². The number of fused-ring (bicyclic) bond motifs is 5.